The standard InChI is InChI=1S/C23H27ClN2O5S/c1-30-21-12-11-18(15-19(21)24)32(28,29)26(17-7-3-2-4-8-17)16-23(27)25-13-14-31-22-10-6-5-9-20(22)25/h5-6,9-12,15,17H,2-4,7-8,13-14,16H2,1H3. The minimum atomic E-state index is -3.94. The third kappa shape index (κ3) is 4.58. The van der Waals surface area contributed by atoms with Gasteiger partial charge in [-0.2, -0.15) is 4.31 Å². The van der Waals surface area contributed by atoms with E-state index in [9.17, 15) is 13.2 Å². The maximum absolute atomic E-state index is 13.7. The predicted molar refractivity (Wildman–Crippen MR) is 123 cm³/mol. The molecular weight excluding hydrogens is 452 g/mol. The van der Waals surface area contributed by atoms with Crippen molar-refractivity contribution in [1.29, 1.82) is 0 Å². The molecule has 2 aliphatic rings. The number of para-hydroxylation sites is 2. The second-order valence-electron chi connectivity index (χ2n) is 8.00. The molecule has 0 unspecified atom stereocenters. The van der Waals surface area contributed by atoms with E-state index >= 15 is 0 Å². The van der Waals surface area contributed by atoms with E-state index in [1.54, 1.807) is 4.90 Å². The molecule has 32 heavy (non-hydrogen) atoms. The second kappa shape index (κ2) is 9.68. The third-order valence-electron chi connectivity index (χ3n) is 6.03. The van der Waals surface area contributed by atoms with E-state index in [4.69, 9.17) is 21.1 Å². The molecule has 1 fully saturated rings. The van der Waals surface area contributed by atoms with Gasteiger partial charge in [0.2, 0.25) is 15.9 Å². The summed E-state index contributed by atoms with van der Waals surface area (Å²) < 4.78 is 39.5. The van der Waals surface area contributed by atoms with E-state index in [1.807, 2.05) is 24.3 Å². The Balaban J connectivity index is 1.66. The highest BCUT2D eigenvalue weighted by Crippen LogP contribution is 2.34. The topological polar surface area (TPSA) is 76.2 Å². The molecule has 7 nitrogen and oxygen atoms in total. The molecule has 1 aliphatic heterocycles. The highest BCUT2D eigenvalue weighted by molar-refractivity contribution is 7.89. The molecule has 2 aromatic carbocycles. The molecular formula is C23H27ClN2O5S. The Morgan fingerprint density at radius 2 is 1.94 bits per heavy atom. The number of rotatable bonds is 6. The van der Waals surface area contributed by atoms with Gasteiger partial charge < -0.3 is 14.4 Å². The lowest BCUT2D eigenvalue weighted by Gasteiger charge is -2.35. The molecule has 0 saturated heterocycles. The first-order valence-corrected chi connectivity index (χ1v) is 12.6. The summed E-state index contributed by atoms with van der Waals surface area (Å²) in [5.41, 5.74) is 0.664. The molecule has 1 amide bonds. The molecule has 1 aliphatic carbocycles. The number of hydrogen-bond acceptors (Lipinski definition) is 5. The Bertz CT molecular complexity index is 1090. The number of methoxy groups -OCH3 is 1. The smallest absolute Gasteiger partial charge is 0.243 e. The van der Waals surface area contributed by atoms with Crippen molar-refractivity contribution in [3.05, 3.63) is 47.5 Å². The maximum atomic E-state index is 13.7. The molecule has 0 atom stereocenters. The Labute approximate surface area is 193 Å². The van der Waals surface area contributed by atoms with Crippen molar-refractivity contribution in [2.75, 3.05) is 31.7 Å². The van der Waals surface area contributed by atoms with Crippen molar-refractivity contribution >= 4 is 33.2 Å². The van der Waals surface area contributed by atoms with Crippen LogP contribution in [0.1, 0.15) is 32.1 Å². The summed E-state index contributed by atoms with van der Waals surface area (Å²) in [6.45, 7) is 0.515. The normalized spacial score (nSPS) is 17.0. The van der Waals surface area contributed by atoms with Crippen LogP contribution in [0.3, 0.4) is 0 Å². The van der Waals surface area contributed by atoms with Gasteiger partial charge in [0.05, 0.1) is 35.8 Å². The fraction of sp³-hybridized carbons (Fsp3) is 0.435. The van der Waals surface area contributed by atoms with Crippen LogP contribution in [0, 0.1) is 0 Å². The van der Waals surface area contributed by atoms with Crippen LogP contribution in [0.4, 0.5) is 5.69 Å². The first-order chi connectivity index (χ1) is 15.4. The Morgan fingerprint density at radius 3 is 2.66 bits per heavy atom. The third-order valence-corrected chi connectivity index (χ3v) is 8.22. The highest BCUT2D eigenvalue weighted by atomic mass is 35.5. The average Bonchev–Trinajstić information content (AvgIpc) is 2.82. The van der Waals surface area contributed by atoms with E-state index in [2.05, 4.69) is 0 Å². The first-order valence-electron chi connectivity index (χ1n) is 10.8. The lowest BCUT2D eigenvalue weighted by Crippen LogP contribution is -2.49. The van der Waals surface area contributed by atoms with Gasteiger partial charge in [0.25, 0.3) is 0 Å². The van der Waals surface area contributed by atoms with Crippen LogP contribution in [-0.4, -0.2) is 51.5 Å². The van der Waals surface area contributed by atoms with Gasteiger partial charge in [-0.15, -0.1) is 0 Å². The number of anilines is 1. The summed E-state index contributed by atoms with van der Waals surface area (Å²) in [6.07, 6.45) is 4.42. The predicted octanol–water partition coefficient (Wildman–Crippen LogP) is 4.10. The first kappa shape index (κ1) is 22.9. The van der Waals surface area contributed by atoms with Gasteiger partial charge in [-0.1, -0.05) is 43.0 Å². The van der Waals surface area contributed by atoms with E-state index in [1.165, 1.54) is 29.6 Å². The van der Waals surface area contributed by atoms with Crippen LogP contribution in [0.5, 0.6) is 11.5 Å². The molecule has 0 spiro atoms. The maximum Gasteiger partial charge on any atom is 0.243 e. The number of carbonyl (C=O) groups is 1. The summed E-state index contributed by atoms with van der Waals surface area (Å²) in [5.74, 6) is 0.756. The lowest BCUT2D eigenvalue weighted by atomic mass is 9.95. The molecule has 0 radical (unpaired) electrons. The molecule has 172 valence electrons. The quantitative estimate of drug-likeness (QED) is 0.624. The molecule has 1 heterocycles. The Kier molecular flexibility index (Phi) is 6.93. The van der Waals surface area contributed by atoms with Gasteiger partial charge in [0.1, 0.15) is 18.1 Å². The largest absolute Gasteiger partial charge is 0.495 e. The minimum Gasteiger partial charge on any atom is -0.495 e. The number of benzene rings is 2. The molecule has 0 aromatic heterocycles. The van der Waals surface area contributed by atoms with Gasteiger partial charge in [-0.3, -0.25) is 4.79 Å². The zero-order chi connectivity index (χ0) is 22.7. The van der Waals surface area contributed by atoms with E-state index < -0.39 is 10.0 Å². The monoisotopic (exact) mass is 478 g/mol. The van der Waals surface area contributed by atoms with Crippen molar-refractivity contribution in [2.45, 2.75) is 43.0 Å². The second-order valence-corrected chi connectivity index (χ2v) is 10.3. The zero-order valence-electron chi connectivity index (χ0n) is 18.0. The number of sulfonamides is 1. The Hall–Kier alpha value is -2.29. The number of carbonyl (C=O) groups excluding carboxylic acids is 1. The average molecular weight is 479 g/mol. The fourth-order valence-electron chi connectivity index (χ4n) is 4.37. The number of halogens is 1. The summed E-state index contributed by atoms with van der Waals surface area (Å²) in [6, 6.07) is 11.5. The molecule has 4 rings (SSSR count). The van der Waals surface area contributed by atoms with Crippen LogP contribution in [0.15, 0.2) is 47.4 Å². The van der Waals surface area contributed by atoms with E-state index in [0.29, 0.717) is 30.3 Å². The summed E-state index contributed by atoms with van der Waals surface area (Å²) >= 11 is 6.21. The number of fused-ring (bicyclic) bond motifs is 1. The van der Waals surface area contributed by atoms with Gasteiger partial charge in [-0.05, 0) is 43.2 Å². The molecule has 0 N–H and O–H groups in total. The molecule has 9 heteroatoms. The van der Waals surface area contributed by atoms with Crippen molar-refractivity contribution in [1.82, 2.24) is 4.31 Å². The Morgan fingerprint density at radius 1 is 1.19 bits per heavy atom. The van der Waals surface area contributed by atoms with Gasteiger partial charge in [0.15, 0.2) is 0 Å². The van der Waals surface area contributed by atoms with Gasteiger partial charge >= 0.3 is 0 Å². The van der Waals surface area contributed by atoms with Gasteiger partial charge in [0, 0.05) is 6.04 Å². The summed E-state index contributed by atoms with van der Waals surface area (Å²) in [4.78, 5) is 15.1. The van der Waals surface area contributed by atoms with Crippen LogP contribution in [0.2, 0.25) is 5.02 Å². The SMILES string of the molecule is COc1ccc(S(=O)(=O)N(CC(=O)N2CCOc3ccccc32)C2CCCCC2)cc1Cl. The number of hydrogen-bond donors (Lipinski definition) is 0. The van der Waals surface area contributed by atoms with Gasteiger partial charge in [-0.25, -0.2) is 8.42 Å². The lowest BCUT2D eigenvalue weighted by molar-refractivity contribution is -0.119. The minimum absolute atomic E-state index is 0.0593. The van der Waals surface area contributed by atoms with E-state index in [-0.39, 0.29) is 28.4 Å². The van der Waals surface area contributed by atoms with Crippen molar-refractivity contribution < 1.29 is 22.7 Å². The molecule has 1 saturated carbocycles. The number of amides is 1. The van der Waals surface area contributed by atoms with Crippen LogP contribution >= 0.6 is 11.6 Å². The van der Waals surface area contributed by atoms with Crippen molar-refractivity contribution in [2.24, 2.45) is 0 Å². The summed E-state index contributed by atoms with van der Waals surface area (Å²) in [5, 5.41) is 0.214. The van der Waals surface area contributed by atoms with Crippen molar-refractivity contribution in [3.63, 3.8) is 0 Å². The molecule has 0 bridgehead atoms. The number of nitrogens with zero attached hydrogens (tertiary/aromatic N) is 2. The van der Waals surface area contributed by atoms with Crippen LogP contribution in [0.25, 0.3) is 0 Å². The molecule has 2 aromatic rings. The van der Waals surface area contributed by atoms with Crippen LogP contribution in [-0.2, 0) is 14.8 Å². The highest BCUT2D eigenvalue weighted by Gasteiger charge is 2.36. The number of ether oxygens (including phenoxy) is 2. The van der Waals surface area contributed by atoms with Crippen LogP contribution < -0.4 is 14.4 Å². The van der Waals surface area contributed by atoms with E-state index in [0.717, 1.165) is 32.1 Å². The zero-order valence-corrected chi connectivity index (χ0v) is 19.6. The summed E-state index contributed by atoms with van der Waals surface area (Å²) in [7, 11) is -2.47. The van der Waals surface area contributed by atoms with Crippen molar-refractivity contribution in [3.8, 4) is 11.5 Å². The fourth-order valence-corrected chi connectivity index (χ4v) is 6.35.